The lowest BCUT2D eigenvalue weighted by Gasteiger charge is -2.26. The van der Waals surface area contributed by atoms with Gasteiger partial charge in [-0.3, -0.25) is 0 Å². The third-order valence-corrected chi connectivity index (χ3v) is 2.92. The second-order valence-corrected chi connectivity index (χ2v) is 5.18. The van der Waals surface area contributed by atoms with Gasteiger partial charge in [-0.15, -0.1) is 0 Å². The first-order valence-corrected chi connectivity index (χ1v) is 6.76. The van der Waals surface area contributed by atoms with E-state index in [1.165, 1.54) is 6.42 Å². The van der Waals surface area contributed by atoms with Gasteiger partial charge >= 0.3 is 0 Å². The quantitative estimate of drug-likeness (QED) is 0.633. The zero-order valence-corrected chi connectivity index (χ0v) is 11.2. The Morgan fingerprint density at radius 2 is 2.29 bits per heavy atom. The monoisotopic (exact) mass is 245 g/mol. The smallest absolute Gasteiger partial charge is 0.0975 e. The Labute approximate surface area is 105 Å². The summed E-state index contributed by atoms with van der Waals surface area (Å²) in [5, 5.41) is 13.2. The summed E-state index contributed by atoms with van der Waals surface area (Å²) in [6, 6.07) is 0. The van der Waals surface area contributed by atoms with E-state index in [1.54, 1.807) is 6.92 Å². The molecule has 2 unspecified atom stereocenters. The molecule has 1 aliphatic heterocycles. The lowest BCUT2D eigenvalue weighted by molar-refractivity contribution is -0.0806. The Kier molecular flexibility index (Phi) is 7.04. The molecule has 0 aromatic rings. The number of ether oxygens (including phenoxy) is 2. The molecule has 1 fully saturated rings. The van der Waals surface area contributed by atoms with Crippen LogP contribution in [-0.2, 0) is 9.47 Å². The average Bonchev–Trinajstić information content (AvgIpc) is 2.30. The highest BCUT2D eigenvalue weighted by molar-refractivity contribution is 4.75. The summed E-state index contributed by atoms with van der Waals surface area (Å²) in [6.45, 7) is 7.24. The highest BCUT2D eigenvalue weighted by Crippen LogP contribution is 2.13. The average molecular weight is 245 g/mol. The van der Waals surface area contributed by atoms with Crippen LogP contribution in [0.5, 0.6) is 0 Å². The maximum atomic E-state index is 10.0. The first-order chi connectivity index (χ1) is 8.14. The molecule has 17 heavy (non-hydrogen) atoms. The molecular weight excluding hydrogens is 218 g/mol. The van der Waals surface area contributed by atoms with E-state index in [0.29, 0.717) is 19.8 Å². The van der Waals surface area contributed by atoms with Crippen molar-refractivity contribution in [3.05, 3.63) is 0 Å². The van der Waals surface area contributed by atoms with Crippen molar-refractivity contribution in [3.63, 3.8) is 0 Å². The Hall–Kier alpha value is -0.160. The largest absolute Gasteiger partial charge is 0.386 e. The van der Waals surface area contributed by atoms with Crippen molar-refractivity contribution >= 4 is 0 Å². The van der Waals surface area contributed by atoms with Crippen LogP contribution in [0.25, 0.3) is 0 Å². The molecule has 1 heterocycles. The van der Waals surface area contributed by atoms with Crippen LogP contribution in [0.3, 0.4) is 0 Å². The van der Waals surface area contributed by atoms with Crippen LogP contribution in [-0.4, -0.2) is 49.7 Å². The molecule has 0 aliphatic carbocycles. The standard InChI is InChI=1S/C13H27NO3/c1-3-7-14-10-13(2,15)11-16-9-12-6-4-5-8-17-12/h12,14-15H,3-11H2,1-2H3. The minimum atomic E-state index is -0.788. The Bertz CT molecular complexity index is 191. The maximum Gasteiger partial charge on any atom is 0.0975 e. The second-order valence-electron chi connectivity index (χ2n) is 5.18. The number of rotatable bonds is 8. The molecule has 0 aromatic carbocycles. The summed E-state index contributed by atoms with van der Waals surface area (Å²) in [7, 11) is 0. The molecule has 0 aromatic heterocycles. The summed E-state index contributed by atoms with van der Waals surface area (Å²) in [6.07, 6.45) is 4.77. The van der Waals surface area contributed by atoms with E-state index in [9.17, 15) is 5.11 Å². The first-order valence-electron chi connectivity index (χ1n) is 6.76. The predicted molar refractivity (Wildman–Crippen MR) is 68.2 cm³/mol. The van der Waals surface area contributed by atoms with Crippen LogP contribution in [0, 0.1) is 0 Å². The fraction of sp³-hybridized carbons (Fsp3) is 1.00. The van der Waals surface area contributed by atoms with Crippen molar-refractivity contribution in [2.24, 2.45) is 0 Å². The lowest BCUT2D eigenvalue weighted by atomic mass is 10.1. The first kappa shape index (κ1) is 14.9. The molecule has 2 N–H and O–H groups in total. The topological polar surface area (TPSA) is 50.7 Å². The van der Waals surface area contributed by atoms with Gasteiger partial charge in [0.15, 0.2) is 0 Å². The van der Waals surface area contributed by atoms with E-state index in [2.05, 4.69) is 12.2 Å². The minimum absolute atomic E-state index is 0.225. The van der Waals surface area contributed by atoms with E-state index in [1.807, 2.05) is 0 Å². The zero-order valence-electron chi connectivity index (χ0n) is 11.2. The molecule has 0 radical (unpaired) electrons. The molecule has 0 spiro atoms. The molecule has 0 bridgehead atoms. The van der Waals surface area contributed by atoms with Gasteiger partial charge in [0.05, 0.1) is 24.9 Å². The van der Waals surface area contributed by atoms with Gasteiger partial charge in [-0.05, 0) is 39.2 Å². The molecule has 1 aliphatic rings. The molecule has 4 nitrogen and oxygen atoms in total. The molecule has 0 amide bonds. The molecular formula is C13H27NO3. The van der Waals surface area contributed by atoms with Crippen LogP contribution in [0.1, 0.15) is 39.5 Å². The fourth-order valence-electron chi connectivity index (χ4n) is 1.93. The van der Waals surface area contributed by atoms with E-state index < -0.39 is 5.60 Å². The van der Waals surface area contributed by atoms with Gasteiger partial charge in [0.25, 0.3) is 0 Å². The molecule has 4 heteroatoms. The molecule has 1 rings (SSSR count). The third kappa shape index (κ3) is 6.99. The van der Waals surface area contributed by atoms with E-state index >= 15 is 0 Å². The van der Waals surface area contributed by atoms with Gasteiger partial charge in [0.1, 0.15) is 0 Å². The van der Waals surface area contributed by atoms with Crippen molar-refractivity contribution < 1.29 is 14.6 Å². The highest BCUT2D eigenvalue weighted by atomic mass is 16.5. The van der Waals surface area contributed by atoms with Gasteiger partial charge in [-0.2, -0.15) is 0 Å². The van der Waals surface area contributed by atoms with Crippen molar-refractivity contribution in [1.29, 1.82) is 0 Å². The van der Waals surface area contributed by atoms with E-state index in [-0.39, 0.29) is 6.10 Å². The lowest BCUT2D eigenvalue weighted by Crippen LogP contribution is -2.42. The van der Waals surface area contributed by atoms with Crippen LogP contribution in [0.15, 0.2) is 0 Å². The number of hydrogen-bond donors (Lipinski definition) is 2. The van der Waals surface area contributed by atoms with Crippen molar-refractivity contribution in [2.75, 3.05) is 32.9 Å². The third-order valence-electron chi connectivity index (χ3n) is 2.92. The number of aliphatic hydroxyl groups is 1. The Balaban J connectivity index is 2.06. The van der Waals surface area contributed by atoms with Crippen LogP contribution in [0.4, 0.5) is 0 Å². The fourth-order valence-corrected chi connectivity index (χ4v) is 1.93. The number of nitrogens with one attached hydrogen (secondary N) is 1. The Morgan fingerprint density at radius 1 is 1.47 bits per heavy atom. The van der Waals surface area contributed by atoms with Crippen LogP contribution >= 0.6 is 0 Å². The summed E-state index contributed by atoms with van der Waals surface area (Å²) in [5.41, 5.74) is -0.788. The Morgan fingerprint density at radius 3 is 2.94 bits per heavy atom. The van der Waals surface area contributed by atoms with E-state index in [0.717, 1.165) is 32.4 Å². The van der Waals surface area contributed by atoms with Gasteiger partial charge in [0.2, 0.25) is 0 Å². The van der Waals surface area contributed by atoms with Crippen molar-refractivity contribution in [1.82, 2.24) is 5.32 Å². The molecule has 2 atom stereocenters. The summed E-state index contributed by atoms with van der Waals surface area (Å²) in [4.78, 5) is 0. The SMILES string of the molecule is CCCNCC(C)(O)COCC1CCCCO1. The second kappa shape index (κ2) is 8.03. The van der Waals surface area contributed by atoms with Crippen LogP contribution < -0.4 is 5.32 Å². The maximum absolute atomic E-state index is 10.0. The normalized spacial score (nSPS) is 24.5. The molecule has 102 valence electrons. The summed E-state index contributed by atoms with van der Waals surface area (Å²) in [5.74, 6) is 0. The highest BCUT2D eigenvalue weighted by Gasteiger charge is 2.21. The summed E-state index contributed by atoms with van der Waals surface area (Å²) < 4.78 is 11.1. The minimum Gasteiger partial charge on any atom is -0.386 e. The molecule has 1 saturated heterocycles. The van der Waals surface area contributed by atoms with Gasteiger partial charge in [0, 0.05) is 13.2 Å². The summed E-state index contributed by atoms with van der Waals surface area (Å²) >= 11 is 0. The predicted octanol–water partition coefficient (Wildman–Crippen LogP) is 1.32. The van der Waals surface area contributed by atoms with Gasteiger partial charge in [-0.25, -0.2) is 0 Å². The number of hydrogen-bond acceptors (Lipinski definition) is 4. The van der Waals surface area contributed by atoms with Crippen LogP contribution in [0.2, 0.25) is 0 Å². The van der Waals surface area contributed by atoms with Gasteiger partial charge in [-0.1, -0.05) is 6.92 Å². The zero-order chi connectivity index (χ0) is 12.6. The van der Waals surface area contributed by atoms with E-state index in [4.69, 9.17) is 9.47 Å². The molecule has 0 saturated carbocycles. The van der Waals surface area contributed by atoms with Gasteiger partial charge < -0.3 is 19.9 Å². The van der Waals surface area contributed by atoms with Crippen molar-refractivity contribution in [2.45, 2.75) is 51.2 Å². The van der Waals surface area contributed by atoms with Crippen molar-refractivity contribution in [3.8, 4) is 0 Å².